The molecule has 3 rings (SSSR count). The number of ether oxygens (including phenoxy) is 3. The fourth-order valence-electron chi connectivity index (χ4n) is 3.10. The molecule has 0 spiro atoms. The number of amides is 1. The fraction of sp³-hybridized carbons (Fsp3) is 0.409. The zero-order valence-electron chi connectivity index (χ0n) is 16.2. The summed E-state index contributed by atoms with van der Waals surface area (Å²) in [5.41, 5.74) is 1.62. The Balaban J connectivity index is 1.77. The van der Waals surface area contributed by atoms with Crippen molar-refractivity contribution < 1.29 is 19.0 Å². The molecule has 0 saturated carbocycles. The average molecular weight is 369 g/mol. The first-order valence-corrected chi connectivity index (χ1v) is 9.51. The van der Waals surface area contributed by atoms with Gasteiger partial charge in [-0.05, 0) is 54.8 Å². The van der Waals surface area contributed by atoms with E-state index in [0.717, 1.165) is 29.2 Å². The van der Waals surface area contributed by atoms with E-state index in [-0.39, 0.29) is 17.9 Å². The van der Waals surface area contributed by atoms with E-state index in [0.29, 0.717) is 25.4 Å². The molecular weight excluding hydrogens is 342 g/mol. The summed E-state index contributed by atoms with van der Waals surface area (Å²) in [6.07, 6.45) is 0.867. The molecule has 5 heteroatoms. The third kappa shape index (κ3) is 4.73. The Morgan fingerprint density at radius 2 is 1.78 bits per heavy atom. The highest BCUT2D eigenvalue weighted by Crippen LogP contribution is 2.34. The lowest BCUT2D eigenvalue weighted by Gasteiger charge is -2.24. The van der Waals surface area contributed by atoms with E-state index in [9.17, 15) is 4.79 Å². The van der Waals surface area contributed by atoms with Crippen LogP contribution in [0, 0.1) is 5.92 Å². The lowest BCUT2D eigenvalue weighted by Crippen LogP contribution is -2.31. The van der Waals surface area contributed by atoms with Crippen molar-refractivity contribution in [2.45, 2.75) is 33.2 Å². The molecule has 0 aliphatic carbocycles. The molecule has 0 saturated heterocycles. The first-order valence-electron chi connectivity index (χ1n) is 9.51. The van der Waals surface area contributed by atoms with Crippen LogP contribution in [0.5, 0.6) is 17.2 Å². The van der Waals surface area contributed by atoms with E-state index in [1.165, 1.54) is 0 Å². The second-order valence-electron chi connectivity index (χ2n) is 6.91. The number of nitrogens with one attached hydrogen (secondary N) is 1. The van der Waals surface area contributed by atoms with E-state index >= 15 is 0 Å². The highest BCUT2D eigenvalue weighted by atomic mass is 16.5. The quantitative estimate of drug-likeness (QED) is 0.821. The van der Waals surface area contributed by atoms with Gasteiger partial charge in [0.15, 0.2) is 11.5 Å². The maximum atomic E-state index is 12.7. The van der Waals surface area contributed by atoms with Crippen LogP contribution in [0.1, 0.15) is 49.2 Å². The van der Waals surface area contributed by atoms with Gasteiger partial charge in [0.2, 0.25) is 0 Å². The Morgan fingerprint density at radius 1 is 1.07 bits per heavy atom. The molecule has 1 N–H and O–H groups in total. The van der Waals surface area contributed by atoms with Crippen molar-refractivity contribution in [3.8, 4) is 17.2 Å². The topological polar surface area (TPSA) is 56.8 Å². The van der Waals surface area contributed by atoms with E-state index in [2.05, 4.69) is 19.2 Å². The van der Waals surface area contributed by atoms with Crippen LogP contribution in [0.15, 0.2) is 42.5 Å². The van der Waals surface area contributed by atoms with Gasteiger partial charge in [0.25, 0.3) is 5.91 Å². The normalized spacial score (nSPS) is 14.4. The Labute approximate surface area is 160 Å². The van der Waals surface area contributed by atoms with Gasteiger partial charge in [-0.1, -0.05) is 19.9 Å². The monoisotopic (exact) mass is 369 g/mol. The average Bonchev–Trinajstić information content (AvgIpc) is 2.91. The van der Waals surface area contributed by atoms with Gasteiger partial charge in [-0.3, -0.25) is 4.79 Å². The van der Waals surface area contributed by atoms with E-state index in [1.807, 2.05) is 37.3 Å². The van der Waals surface area contributed by atoms with E-state index < -0.39 is 0 Å². The lowest BCUT2D eigenvalue weighted by molar-refractivity contribution is 0.0925. The molecule has 1 aliphatic heterocycles. The minimum atomic E-state index is -0.124. The van der Waals surface area contributed by atoms with Gasteiger partial charge in [-0.15, -0.1) is 0 Å². The van der Waals surface area contributed by atoms with Crippen molar-refractivity contribution in [3.63, 3.8) is 0 Å². The standard InChI is InChI=1S/C22H27NO4/c1-4-25-18-9-6-16(7-10-18)22(24)23-21(15(2)3)17-8-11-19-20(14-17)27-13-5-12-26-19/h6-11,14-15,21H,4-5,12-13H2,1-3H3,(H,23,24)/t21-/m1/s1. The molecule has 144 valence electrons. The molecular formula is C22H27NO4. The second kappa shape index (κ2) is 8.80. The Morgan fingerprint density at radius 3 is 2.44 bits per heavy atom. The van der Waals surface area contributed by atoms with Crippen molar-refractivity contribution in [2.75, 3.05) is 19.8 Å². The van der Waals surface area contributed by atoms with Crippen molar-refractivity contribution >= 4 is 5.91 Å². The fourth-order valence-corrected chi connectivity index (χ4v) is 3.10. The van der Waals surface area contributed by atoms with Crippen molar-refractivity contribution in [1.29, 1.82) is 0 Å². The van der Waals surface area contributed by atoms with Gasteiger partial charge in [0, 0.05) is 12.0 Å². The first-order chi connectivity index (χ1) is 13.1. The van der Waals surface area contributed by atoms with Crippen LogP contribution >= 0.6 is 0 Å². The number of carbonyl (C=O) groups is 1. The molecule has 0 radical (unpaired) electrons. The summed E-state index contributed by atoms with van der Waals surface area (Å²) in [7, 11) is 0. The Hall–Kier alpha value is -2.69. The van der Waals surface area contributed by atoms with Crippen LogP contribution in [-0.2, 0) is 0 Å². The number of rotatable bonds is 6. The molecule has 0 unspecified atom stereocenters. The van der Waals surface area contributed by atoms with Crippen LogP contribution in [-0.4, -0.2) is 25.7 Å². The summed E-state index contributed by atoms with van der Waals surface area (Å²) in [5.74, 6) is 2.38. The number of fused-ring (bicyclic) bond motifs is 1. The zero-order valence-corrected chi connectivity index (χ0v) is 16.2. The lowest BCUT2D eigenvalue weighted by atomic mass is 9.95. The maximum absolute atomic E-state index is 12.7. The van der Waals surface area contributed by atoms with E-state index in [4.69, 9.17) is 14.2 Å². The van der Waals surface area contributed by atoms with Crippen LogP contribution in [0.25, 0.3) is 0 Å². The molecule has 2 aromatic carbocycles. The van der Waals surface area contributed by atoms with Crippen molar-refractivity contribution in [3.05, 3.63) is 53.6 Å². The molecule has 1 aliphatic rings. The summed E-state index contributed by atoms with van der Waals surface area (Å²) in [5, 5.41) is 3.15. The predicted octanol–water partition coefficient (Wildman–Crippen LogP) is 4.37. The smallest absolute Gasteiger partial charge is 0.251 e. The van der Waals surface area contributed by atoms with E-state index in [1.54, 1.807) is 12.1 Å². The molecule has 1 heterocycles. The SMILES string of the molecule is CCOc1ccc(C(=O)N[C@@H](c2ccc3c(c2)OCCCO3)C(C)C)cc1. The molecule has 1 atom stereocenters. The molecule has 0 fully saturated rings. The Bertz CT molecular complexity index is 770. The molecule has 2 aromatic rings. The highest BCUT2D eigenvalue weighted by molar-refractivity contribution is 5.94. The molecule has 5 nitrogen and oxygen atoms in total. The maximum Gasteiger partial charge on any atom is 0.251 e. The minimum absolute atomic E-state index is 0.108. The van der Waals surface area contributed by atoms with Gasteiger partial charge in [-0.25, -0.2) is 0 Å². The molecule has 0 bridgehead atoms. The number of carbonyl (C=O) groups excluding carboxylic acids is 1. The summed E-state index contributed by atoms with van der Waals surface area (Å²) >= 11 is 0. The highest BCUT2D eigenvalue weighted by Gasteiger charge is 2.21. The van der Waals surface area contributed by atoms with Crippen molar-refractivity contribution in [1.82, 2.24) is 5.32 Å². The summed E-state index contributed by atoms with van der Waals surface area (Å²) in [4.78, 5) is 12.7. The van der Waals surface area contributed by atoms with Crippen LogP contribution in [0.3, 0.4) is 0 Å². The van der Waals surface area contributed by atoms with Gasteiger partial charge < -0.3 is 19.5 Å². The second-order valence-corrected chi connectivity index (χ2v) is 6.91. The number of hydrogen-bond acceptors (Lipinski definition) is 4. The summed E-state index contributed by atoms with van der Waals surface area (Å²) < 4.78 is 16.9. The third-order valence-corrected chi connectivity index (χ3v) is 4.51. The molecule has 1 amide bonds. The van der Waals surface area contributed by atoms with Gasteiger partial charge in [0.1, 0.15) is 5.75 Å². The molecule has 0 aromatic heterocycles. The summed E-state index contributed by atoms with van der Waals surface area (Å²) in [6, 6.07) is 13.0. The van der Waals surface area contributed by atoms with Gasteiger partial charge in [0.05, 0.1) is 25.9 Å². The van der Waals surface area contributed by atoms with Crippen LogP contribution in [0.4, 0.5) is 0 Å². The van der Waals surface area contributed by atoms with Crippen LogP contribution in [0.2, 0.25) is 0 Å². The Kier molecular flexibility index (Phi) is 6.22. The van der Waals surface area contributed by atoms with Gasteiger partial charge >= 0.3 is 0 Å². The largest absolute Gasteiger partial charge is 0.494 e. The van der Waals surface area contributed by atoms with Crippen molar-refractivity contribution in [2.24, 2.45) is 5.92 Å². The first kappa shape index (κ1) is 19.1. The predicted molar refractivity (Wildman–Crippen MR) is 105 cm³/mol. The van der Waals surface area contributed by atoms with Crippen LogP contribution < -0.4 is 19.5 Å². The molecule has 27 heavy (non-hydrogen) atoms. The number of benzene rings is 2. The van der Waals surface area contributed by atoms with Gasteiger partial charge in [-0.2, -0.15) is 0 Å². The zero-order chi connectivity index (χ0) is 19.2. The number of hydrogen-bond donors (Lipinski definition) is 1. The summed E-state index contributed by atoms with van der Waals surface area (Å²) in [6.45, 7) is 8.02. The minimum Gasteiger partial charge on any atom is -0.494 e. The third-order valence-electron chi connectivity index (χ3n) is 4.51.